The predicted octanol–water partition coefficient (Wildman–Crippen LogP) is 0.942. The first kappa shape index (κ1) is 14.0. The molecule has 0 saturated carbocycles. The zero-order valence-corrected chi connectivity index (χ0v) is 11.3. The lowest BCUT2D eigenvalue weighted by atomic mass is 10.2. The molecule has 20 heavy (non-hydrogen) atoms. The van der Waals surface area contributed by atoms with Crippen molar-refractivity contribution in [1.82, 2.24) is 10.2 Å². The number of benzene rings is 1. The molecule has 0 radical (unpaired) electrons. The molecule has 0 amide bonds. The largest absolute Gasteiger partial charge is 0.384 e. The first-order chi connectivity index (χ1) is 9.31. The van der Waals surface area contributed by atoms with Crippen molar-refractivity contribution in [2.45, 2.75) is 11.8 Å². The molecule has 0 fully saturated rings. The molecule has 2 aromatic rings. The van der Waals surface area contributed by atoms with E-state index in [9.17, 15) is 12.8 Å². The predicted molar refractivity (Wildman–Crippen MR) is 71.5 cm³/mol. The van der Waals surface area contributed by atoms with E-state index in [1.165, 1.54) is 19.1 Å². The van der Waals surface area contributed by atoms with E-state index in [4.69, 9.17) is 11.1 Å². The first-order valence-electron chi connectivity index (χ1n) is 5.48. The Hall–Kier alpha value is -2.42. The molecule has 7 nitrogen and oxygen atoms in total. The van der Waals surface area contributed by atoms with E-state index in [0.717, 1.165) is 12.3 Å². The fourth-order valence-electron chi connectivity index (χ4n) is 1.58. The Morgan fingerprint density at radius 2 is 2.20 bits per heavy atom. The number of nitrogens with two attached hydrogens (primary N) is 1. The van der Waals surface area contributed by atoms with Crippen LogP contribution in [0.2, 0.25) is 0 Å². The van der Waals surface area contributed by atoms with Crippen LogP contribution in [0.1, 0.15) is 11.3 Å². The van der Waals surface area contributed by atoms with Crippen LogP contribution < -0.4 is 10.5 Å². The van der Waals surface area contributed by atoms with Gasteiger partial charge in [0.25, 0.3) is 10.0 Å². The van der Waals surface area contributed by atoms with E-state index in [1.807, 2.05) is 0 Å². The van der Waals surface area contributed by atoms with E-state index >= 15 is 0 Å². The number of aryl methyl sites for hydroxylation is 1. The summed E-state index contributed by atoms with van der Waals surface area (Å²) in [5, 5.41) is 13.3. The first-order valence-corrected chi connectivity index (χ1v) is 6.96. The Kier molecular flexibility index (Phi) is 3.45. The van der Waals surface area contributed by atoms with Crippen LogP contribution in [0.3, 0.4) is 0 Å². The van der Waals surface area contributed by atoms with Crippen LogP contribution in [0.15, 0.2) is 29.3 Å². The third kappa shape index (κ3) is 2.62. The second-order valence-corrected chi connectivity index (χ2v) is 5.72. The second kappa shape index (κ2) is 4.93. The van der Waals surface area contributed by atoms with Gasteiger partial charge in [0, 0.05) is 5.56 Å². The maximum Gasteiger partial charge on any atom is 0.265 e. The Morgan fingerprint density at radius 3 is 2.70 bits per heavy atom. The molecule has 1 aromatic carbocycles. The van der Waals surface area contributed by atoms with Gasteiger partial charge >= 0.3 is 0 Å². The zero-order valence-electron chi connectivity index (χ0n) is 10.4. The number of H-pyrrole nitrogens is 1. The molecule has 1 heterocycles. The summed E-state index contributed by atoms with van der Waals surface area (Å²) in [6.07, 6.45) is 1.14. The zero-order chi connectivity index (χ0) is 14.9. The molecule has 0 aliphatic rings. The van der Waals surface area contributed by atoms with Crippen LogP contribution in [0.5, 0.6) is 0 Å². The lowest BCUT2D eigenvalue weighted by molar-refractivity contribution is 0.598. The minimum absolute atomic E-state index is 0.0625. The number of nitrogens with one attached hydrogen (secondary N) is 3. The van der Waals surface area contributed by atoms with Gasteiger partial charge < -0.3 is 5.73 Å². The number of sulfonamides is 1. The average Bonchev–Trinajstić information content (AvgIpc) is 2.78. The third-order valence-electron chi connectivity index (χ3n) is 2.60. The summed E-state index contributed by atoms with van der Waals surface area (Å²) in [6.45, 7) is 1.54. The standard InChI is InChI=1S/C11H12FN5O2S/c1-6-10(5-15-16-6)20(18,19)17-9-3-2-7(11(13)14)4-8(9)12/h2-5,17H,1H3,(H3,13,14)(H,15,16). The van der Waals surface area contributed by atoms with Gasteiger partial charge in [-0.3, -0.25) is 15.2 Å². The summed E-state index contributed by atoms with van der Waals surface area (Å²) < 4.78 is 40.0. The topological polar surface area (TPSA) is 125 Å². The number of halogens is 1. The van der Waals surface area contributed by atoms with Gasteiger partial charge in [0.15, 0.2) is 0 Å². The summed E-state index contributed by atoms with van der Waals surface area (Å²) in [6, 6.07) is 3.55. The SMILES string of the molecule is Cc1[nH]ncc1S(=O)(=O)Nc1ccc(C(=N)N)cc1F. The quantitative estimate of drug-likeness (QED) is 0.495. The number of amidine groups is 1. The molecular weight excluding hydrogens is 285 g/mol. The van der Waals surface area contributed by atoms with Gasteiger partial charge in [-0.1, -0.05) is 0 Å². The minimum Gasteiger partial charge on any atom is -0.384 e. The fourth-order valence-corrected chi connectivity index (χ4v) is 2.78. The van der Waals surface area contributed by atoms with Gasteiger partial charge in [-0.05, 0) is 25.1 Å². The van der Waals surface area contributed by atoms with Crippen LogP contribution in [-0.2, 0) is 10.0 Å². The van der Waals surface area contributed by atoms with Crippen molar-refractivity contribution in [1.29, 1.82) is 5.41 Å². The molecule has 2 rings (SSSR count). The summed E-state index contributed by atoms with van der Waals surface area (Å²) >= 11 is 0. The highest BCUT2D eigenvalue weighted by atomic mass is 32.2. The van der Waals surface area contributed by atoms with Gasteiger partial charge in [0.1, 0.15) is 16.5 Å². The monoisotopic (exact) mass is 297 g/mol. The Bertz CT molecular complexity index is 769. The highest BCUT2D eigenvalue weighted by molar-refractivity contribution is 7.92. The van der Waals surface area contributed by atoms with E-state index in [2.05, 4.69) is 14.9 Å². The molecule has 0 spiro atoms. The van der Waals surface area contributed by atoms with Crippen molar-refractivity contribution in [3.63, 3.8) is 0 Å². The van der Waals surface area contributed by atoms with Crippen LogP contribution in [-0.4, -0.2) is 24.5 Å². The van der Waals surface area contributed by atoms with Crippen molar-refractivity contribution in [3.05, 3.63) is 41.5 Å². The molecule has 1 aromatic heterocycles. The number of hydrogen-bond donors (Lipinski definition) is 4. The number of rotatable bonds is 4. The number of hydrogen-bond acceptors (Lipinski definition) is 4. The van der Waals surface area contributed by atoms with Crippen molar-refractivity contribution in [2.24, 2.45) is 5.73 Å². The summed E-state index contributed by atoms with van der Waals surface area (Å²) in [5.74, 6) is -1.12. The fraction of sp³-hybridized carbons (Fsp3) is 0.0909. The molecule has 0 unspecified atom stereocenters. The molecule has 0 aliphatic carbocycles. The van der Waals surface area contributed by atoms with Crippen molar-refractivity contribution in [2.75, 3.05) is 4.72 Å². The number of anilines is 1. The molecule has 9 heteroatoms. The normalized spacial score (nSPS) is 11.3. The van der Waals surface area contributed by atoms with Crippen LogP contribution in [0.4, 0.5) is 10.1 Å². The third-order valence-corrected chi connectivity index (χ3v) is 4.08. The van der Waals surface area contributed by atoms with Crippen LogP contribution in [0.25, 0.3) is 0 Å². The van der Waals surface area contributed by atoms with Gasteiger partial charge in [0.05, 0.1) is 17.6 Å². The summed E-state index contributed by atoms with van der Waals surface area (Å²) in [7, 11) is -3.92. The molecular formula is C11H12FN5O2S. The summed E-state index contributed by atoms with van der Waals surface area (Å²) in [5.41, 5.74) is 5.51. The minimum atomic E-state index is -3.92. The van der Waals surface area contributed by atoms with Gasteiger partial charge in [0.2, 0.25) is 0 Å². The van der Waals surface area contributed by atoms with E-state index < -0.39 is 15.8 Å². The van der Waals surface area contributed by atoms with Gasteiger partial charge in [-0.2, -0.15) is 5.10 Å². The smallest absolute Gasteiger partial charge is 0.265 e. The number of nitrogen functional groups attached to an aromatic ring is 1. The highest BCUT2D eigenvalue weighted by Crippen LogP contribution is 2.21. The molecule has 106 valence electrons. The molecule has 0 aliphatic heterocycles. The van der Waals surface area contributed by atoms with Crippen LogP contribution >= 0.6 is 0 Å². The maximum atomic E-state index is 13.8. The molecule has 5 N–H and O–H groups in total. The van der Waals surface area contributed by atoms with Crippen LogP contribution in [0, 0.1) is 18.2 Å². The van der Waals surface area contributed by atoms with E-state index in [0.29, 0.717) is 5.69 Å². The number of aromatic nitrogens is 2. The van der Waals surface area contributed by atoms with E-state index in [1.54, 1.807) is 0 Å². The lowest BCUT2D eigenvalue weighted by Gasteiger charge is -2.09. The molecule has 0 saturated heterocycles. The van der Waals surface area contributed by atoms with Crippen molar-refractivity contribution < 1.29 is 12.8 Å². The Morgan fingerprint density at radius 1 is 1.50 bits per heavy atom. The second-order valence-electron chi connectivity index (χ2n) is 4.07. The Balaban J connectivity index is 2.36. The van der Waals surface area contributed by atoms with Gasteiger partial charge in [-0.15, -0.1) is 0 Å². The highest BCUT2D eigenvalue weighted by Gasteiger charge is 2.20. The van der Waals surface area contributed by atoms with E-state index in [-0.39, 0.29) is 22.0 Å². The molecule has 0 bridgehead atoms. The van der Waals surface area contributed by atoms with Crippen molar-refractivity contribution in [3.8, 4) is 0 Å². The number of nitrogens with zero attached hydrogens (tertiary/aromatic N) is 1. The maximum absolute atomic E-state index is 13.8. The molecule has 0 atom stereocenters. The van der Waals surface area contributed by atoms with Crippen molar-refractivity contribution >= 4 is 21.5 Å². The van der Waals surface area contributed by atoms with Gasteiger partial charge in [-0.25, -0.2) is 12.8 Å². The number of aromatic amines is 1. The average molecular weight is 297 g/mol. The summed E-state index contributed by atoms with van der Waals surface area (Å²) in [4.78, 5) is -0.0625. The Labute approximate surface area is 114 Å². The lowest BCUT2D eigenvalue weighted by Crippen LogP contribution is -2.16.